The molecule has 3 aromatic rings. The largest absolute Gasteiger partial charge is 0.444 e. The fourth-order valence-electron chi connectivity index (χ4n) is 3.98. The van der Waals surface area contributed by atoms with Crippen LogP contribution >= 0.6 is 0 Å². The highest BCUT2D eigenvalue weighted by Gasteiger charge is 2.39. The molecule has 0 spiro atoms. The molecule has 186 valence electrons. The Kier molecular flexibility index (Phi) is 6.91. The molecule has 9 heteroatoms. The summed E-state index contributed by atoms with van der Waals surface area (Å²) in [6, 6.07) is 16.0. The molecular weight excluding hydrogens is 460 g/mol. The van der Waals surface area contributed by atoms with Gasteiger partial charge >= 0.3 is 6.09 Å². The molecule has 1 aromatic heterocycles. The van der Waals surface area contributed by atoms with Crippen LogP contribution in [0.25, 0.3) is 0 Å². The van der Waals surface area contributed by atoms with E-state index >= 15 is 0 Å². The number of rotatable bonds is 5. The third-order valence-corrected chi connectivity index (χ3v) is 5.54. The normalized spacial score (nSPS) is 15.0. The molecule has 0 fully saturated rings. The van der Waals surface area contributed by atoms with E-state index in [9.17, 15) is 14.4 Å². The summed E-state index contributed by atoms with van der Waals surface area (Å²) in [7, 11) is 0. The summed E-state index contributed by atoms with van der Waals surface area (Å²) in [5.41, 5.74) is 6.80. The molecule has 3 N–H and O–H groups in total. The predicted molar refractivity (Wildman–Crippen MR) is 134 cm³/mol. The van der Waals surface area contributed by atoms with E-state index in [1.807, 2.05) is 12.1 Å². The van der Waals surface area contributed by atoms with E-state index < -0.39 is 29.6 Å². The predicted octanol–water partition coefficient (Wildman–Crippen LogP) is 4.45. The summed E-state index contributed by atoms with van der Waals surface area (Å²) in [5.74, 6) is 0.00362. The molecule has 0 aliphatic carbocycles. The van der Waals surface area contributed by atoms with Crippen molar-refractivity contribution in [3.8, 4) is 11.6 Å². The van der Waals surface area contributed by atoms with Crippen molar-refractivity contribution < 1.29 is 23.9 Å². The number of nitrogens with two attached hydrogens (primary N) is 1. The molecule has 9 nitrogen and oxygen atoms in total. The van der Waals surface area contributed by atoms with Gasteiger partial charge in [0.2, 0.25) is 11.8 Å². The Labute approximate surface area is 209 Å². The van der Waals surface area contributed by atoms with Gasteiger partial charge in [0.15, 0.2) is 0 Å². The Morgan fingerprint density at radius 1 is 1.03 bits per heavy atom. The number of primary amides is 1. The van der Waals surface area contributed by atoms with Crippen LogP contribution in [0, 0.1) is 0 Å². The number of pyridine rings is 1. The maximum atomic E-state index is 13.6. The monoisotopic (exact) mass is 488 g/mol. The van der Waals surface area contributed by atoms with Gasteiger partial charge in [-0.05, 0) is 69.2 Å². The molecule has 2 heterocycles. The zero-order valence-corrected chi connectivity index (χ0v) is 20.4. The van der Waals surface area contributed by atoms with Gasteiger partial charge in [0.05, 0.1) is 0 Å². The number of ether oxygens (including phenoxy) is 2. The van der Waals surface area contributed by atoms with Crippen LogP contribution in [0.3, 0.4) is 0 Å². The Bertz CT molecular complexity index is 1270. The maximum Gasteiger partial charge on any atom is 0.411 e. The van der Waals surface area contributed by atoms with Gasteiger partial charge in [-0.1, -0.05) is 18.2 Å². The number of carbonyl (C=O) groups is 3. The fraction of sp³-hybridized carbons (Fsp3) is 0.259. The van der Waals surface area contributed by atoms with Crippen LogP contribution in [0.5, 0.6) is 11.6 Å². The van der Waals surface area contributed by atoms with Crippen molar-refractivity contribution in [2.75, 3.05) is 11.9 Å². The van der Waals surface area contributed by atoms with Crippen LogP contribution in [0.15, 0.2) is 66.9 Å². The first-order chi connectivity index (χ1) is 17.1. The van der Waals surface area contributed by atoms with Crippen LogP contribution in [-0.2, 0) is 16.0 Å². The summed E-state index contributed by atoms with van der Waals surface area (Å²) in [4.78, 5) is 43.7. The van der Waals surface area contributed by atoms with Gasteiger partial charge < -0.3 is 20.5 Å². The molecule has 2 aromatic carbocycles. The van der Waals surface area contributed by atoms with E-state index in [1.165, 1.54) is 17.0 Å². The van der Waals surface area contributed by atoms with Gasteiger partial charge in [0.1, 0.15) is 17.4 Å². The molecule has 0 radical (unpaired) electrons. The average molecular weight is 489 g/mol. The third kappa shape index (κ3) is 5.63. The quantitative estimate of drug-likeness (QED) is 0.547. The molecule has 1 aliphatic heterocycles. The number of carbonyl (C=O) groups excluding carboxylic acids is 3. The van der Waals surface area contributed by atoms with Crippen LogP contribution in [0.1, 0.15) is 48.3 Å². The van der Waals surface area contributed by atoms with Gasteiger partial charge in [0.25, 0.3) is 5.91 Å². The Morgan fingerprint density at radius 2 is 1.78 bits per heavy atom. The lowest BCUT2D eigenvalue weighted by Gasteiger charge is -2.37. The summed E-state index contributed by atoms with van der Waals surface area (Å²) in [6.07, 6.45) is 1.51. The first-order valence-electron chi connectivity index (χ1n) is 11.5. The van der Waals surface area contributed by atoms with Gasteiger partial charge in [-0.3, -0.25) is 14.5 Å². The standard InChI is InChI=1S/C27H28N4O5/c1-27(2,3)36-26(34)31-16-14-19-20(7-6-8-21(19)35-22-9-4-5-15-29-22)23(31)25(33)30-18-12-10-17(11-13-18)24(28)32/h4-13,15,23H,14,16H2,1-3H3,(H2,28,32)(H,30,33). The fourth-order valence-corrected chi connectivity index (χ4v) is 3.98. The van der Waals surface area contributed by atoms with Crippen LogP contribution in [0.2, 0.25) is 0 Å². The Morgan fingerprint density at radius 3 is 2.42 bits per heavy atom. The highest BCUT2D eigenvalue weighted by Crippen LogP contribution is 2.38. The van der Waals surface area contributed by atoms with Crippen molar-refractivity contribution >= 4 is 23.6 Å². The van der Waals surface area contributed by atoms with E-state index in [-0.39, 0.29) is 6.54 Å². The van der Waals surface area contributed by atoms with E-state index in [0.717, 1.165) is 5.56 Å². The van der Waals surface area contributed by atoms with Gasteiger partial charge in [0, 0.05) is 35.6 Å². The lowest BCUT2D eigenvalue weighted by atomic mass is 9.91. The summed E-state index contributed by atoms with van der Waals surface area (Å²) >= 11 is 0. The molecule has 1 unspecified atom stereocenters. The molecule has 1 aliphatic rings. The van der Waals surface area contributed by atoms with E-state index in [4.69, 9.17) is 15.2 Å². The molecule has 4 rings (SSSR count). The summed E-state index contributed by atoms with van der Waals surface area (Å²) in [5, 5.41) is 2.84. The highest BCUT2D eigenvalue weighted by atomic mass is 16.6. The minimum absolute atomic E-state index is 0.253. The summed E-state index contributed by atoms with van der Waals surface area (Å²) in [6.45, 7) is 5.58. The lowest BCUT2D eigenvalue weighted by Crippen LogP contribution is -2.47. The van der Waals surface area contributed by atoms with Gasteiger partial charge in [-0.2, -0.15) is 0 Å². The van der Waals surface area contributed by atoms with Crippen LogP contribution < -0.4 is 15.8 Å². The Balaban J connectivity index is 1.69. The number of nitrogens with one attached hydrogen (secondary N) is 1. The SMILES string of the molecule is CC(C)(C)OC(=O)N1CCc2c(Oc3ccccn3)cccc2C1C(=O)Nc1ccc(C(N)=O)cc1. The van der Waals surface area contributed by atoms with Crippen molar-refractivity contribution in [3.63, 3.8) is 0 Å². The molecule has 3 amide bonds. The minimum atomic E-state index is -0.966. The second-order valence-corrected chi connectivity index (χ2v) is 9.35. The van der Waals surface area contributed by atoms with Crippen LogP contribution in [0.4, 0.5) is 10.5 Å². The minimum Gasteiger partial charge on any atom is -0.444 e. The smallest absolute Gasteiger partial charge is 0.411 e. The maximum absolute atomic E-state index is 13.6. The third-order valence-electron chi connectivity index (χ3n) is 5.54. The number of aromatic nitrogens is 1. The number of nitrogens with zero attached hydrogens (tertiary/aromatic N) is 2. The van der Waals surface area contributed by atoms with Crippen molar-refractivity contribution in [1.82, 2.24) is 9.88 Å². The second-order valence-electron chi connectivity index (χ2n) is 9.35. The number of hydrogen-bond acceptors (Lipinski definition) is 6. The second kappa shape index (κ2) is 10.1. The van der Waals surface area contributed by atoms with Crippen molar-refractivity contribution in [2.45, 2.75) is 38.8 Å². The molecule has 36 heavy (non-hydrogen) atoms. The number of fused-ring (bicyclic) bond motifs is 1. The van der Waals surface area contributed by atoms with Crippen molar-refractivity contribution in [2.24, 2.45) is 5.73 Å². The first kappa shape index (κ1) is 24.7. The van der Waals surface area contributed by atoms with Gasteiger partial charge in [-0.25, -0.2) is 9.78 Å². The first-order valence-corrected chi connectivity index (χ1v) is 11.5. The average Bonchev–Trinajstić information content (AvgIpc) is 2.83. The number of benzene rings is 2. The van der Waals surface area contributed by atoms with E-state index in [0.29, 0.717) is 34.9 Å². The van der Waals surface area contributed by atoms with Crippen molar-refractivity contribution in [3.05, 3.63) is 83.6 Å². The van der Waals surface area contributed by atoms with Crippen LogP contribution in [-0.4, -0.2) is 39.9 Å². The topological polar surface area (TPSA) is 124 Å². The summed E-state index contributed by atoms with van der Waals surface area (Å²) < 4.78 is 11.6. The van der Waals surface area contributed by atoms with Gasteiger partial charge in [-0.15, -0.1) is 0 Å². The van der Waals surface area contributed by atoms with E-state index in [2.05, 4.69) is 10.3 Å². The highest BCUT2D eigenvalue weighted by molar-refractivity contribution is 5.99. The number of hydrogen-bond donors (Lipinski definition) is 2. The molecular formula is C27H28N4O5. The molecule has 0 saturated heterocycles. The molecule has 1 atom stereocenters. The molecule has 0 bridgehead atoms. The van der Waals surface area contributed by atoms with E-state index in [1.54, 1.807) is 63.4 Å². The lowest BCUT2D eigenvalue weighted by molar-refractivity contribution is -0.122. The number of anilines is 1. The zero-order chi connectivity index (χ0) is 25.9. The zero-order valence-electron chi connectivity index (χ0n) is 20.4. The Hall–Kier alpha value is -4.40. The number of amides is 3. The van der Waals surface area contributed by atoms with Crippen molar-refractivity contribution in [1.29, 1.82) is 0 Å². The molecule has 0 saturated carbocycles.